The molecule has 2 unspecified atom stereocenters. The topological polar surface area (TPSA) is 62.6 Å². The predicted octanol–water partition coefficient (Wildman–Crippen LogP) is 3.59. The lowest BCUT2D eigenvalue weighted by Gasteiger charge is -2.28. The SMILES string of the molecule is CCCCNC(=O)C1CSC(c2ccoc2)N1C(=O)c1ccc(F)cc1. The fourth-order valence-corrected chi connectivity index (χ4v) is 4.28. The van der Waals surface area contributed by atoms with Gasteiger partial charge in [-0.25, -0.2) is 4.39 Å². The van der Waals surface area contributed by atoms with E-state index in [9.17, 15) is 14.0 Å². The number of nitrogens with zero attached hydrogens (tertiary/aromatic N) is 1. The number of carbonyl (C=O) groups is 2. The summed E-state index contributed by atoms with van der Waals surface area (Å²) in [4.78, 5) is 27.3. The van der Waals surface area contributed by atoms with Crippen molar-refractivity contribution in [3.8, 4) is 0 Å². The van der Waals surface area contributed by atoms with Crippen molar-refractivity contribution in [2.75, 3.05) is 12.3 Å². The van der Waals surface area contributed by atoms with Crippen LogP contribution in [0.3, 0.4) is 0 Å². The van der Waals surface area contributed by atoms with Crippen LogP contribution in [0, 0.1) is 5.82 Å². The first kappa shape index (κ1) is 18.5. The minimum absolute atomic E-state index is 0.160. The molecular formula is C19H21FN2O3S. The van der Waals surface area contributed by atoms with E-state index in [0.29, 0.717) is 17.9 Å². The molecule has 1 aromatic carbocycles. The summed E-state index contributed by atoms with van der Waals surface area (Å²) < 4.78 is 18.3. The first-order chi connectivity index (χ1) is 12.6. The second-order valence-corrected chi connectivity index (χ2v) is 7.24. The number of halogens is 1. The number of amides is 2. The smallest absolute Gasteiger partial charge is 0.255 e. The number of carbonyl (C=O) groups excluding carboxylic acids is 2. The lowest BCUT2D eigenvalue weighted by Crippen LogP contribution is -2.48. The number of benzene rings is 1. The normalized spacial score (nSPS) is 19.5. The number of nitrogens with one attached hydrogen (secondary N) is 1. The van der Waals surface area contributed by atoms with Gasteiger partial charge < -0.3 is 14.6 Å². The third kappa shape index (κ3) is 3.93. The molecule has 26 heavy (non-hydrogen) atoms. The highest BCUT2D eigenvalue weighted by molar-refractivity contribution is 7.99. The molecule has 1 fully saturated rings. The van der Waals surface area contributed by atoms with Gasteiger partial charge >= 0.3 is 0 Å². The zero-order valence-corrected chi connectivity index (χ0v) is 15.3. The number of hydrogen-bond donors (Lipinski definition) is 1. The first-order valence-electron chi connectivity index (χ1n) is 8.61. The Morgan fingerprint density at radius 2 is 2.08 bits per heavy atom. The fourth-order valence-electron chi connectivity index (χ4n) is 2.88. The van der Waals surface area contributed by atoms with Crippen LogP contribution in [0.4, 0.5) is 4.39 Å². The van der Waals surface area contributed by atoms with Gasteiger partial charge in [-0.2, -0.15) is 0 Å². The summed E-state index contributed by atoms with van der Waals surface area (Å²) in [7, 11) is 0. The number of rotatable bonds is 6. The quantitative estimate of drug-likeness (QED) is 0.783. The van der Waals surface area contributed by atoms with Crippen LogP contribution < -0.4 is 5.32 Å². The van der Waals surface area contributed by atoms with Crippen molar-refractivity contribution in [2.24, 2.45) is 0 Å². The minimum Gasteiger partial charge on any atom is -0.472 e. The molecular weight excluding hydrogens is 355 g/mol. The molecule has 7 heteroatoms. The van der Waals surface area contributed by atoms with Gasteiger partial charge in [0, 0.05) is 23.4 Å². The standard InChI is InChI=1S/C19H21FN2O3S/c1-2-3-9-21-17(23)16-12-26-19(14-8-10-25-11-14)22(16)18(24)13-4-6-15(20)7-5-13/h4-8,10-11,16,19H,2-3,9,12H2,1H3,(H,21,23). The number of unbranched alkanes of at least 4 members (excludes halogenated alkanes) is 1. The Labute approximate surface area is 155 Å². The Morgan fingerprint density at radius 1 is 1.31 bits per heavy atom. The third-order valence-electron chi connectivity index (χ3n) is 4.29. The molecule has 2 amide bonds. The largest absolute Gasteiger partial charge is 0.472 e. The molecule has 0 aliphatic carbocycles. The van der Waals surface area contributed by atoms with Crippen molar-refractivity contribution < 1.29 is 18.4 Å². The minimum atomic E-state index is -0.575. The van der Waals surface area contributed by atoms with Gasteiger partial charge in [0.05, 0.1) is 12.5 Å². The summed E-state index contributed by atoms with van der Waals surface area (Å²) in [6.45, 7) is 2.64. The zero-order chi connectivity index (χ0) is 18.5. The Balaban J connectivity index is 1.85. The Hall–Kier alpha value is -2.28. The maximum atomic E-state index is 13.2. The van der Waals surface area contributed by atoms with Crippen molar-refractivity contribution in [3.05, 3.63) is 59.8 Å². The van der Waals surface area contributed by atoms with Crippen LogP contribution in [0.25, 0.3) is 0 Å². The van der Waals surface area contributed by atoms with Crippen LogP contribution in [0.2, 0.25) is 0 Å². The monoisotopic (exact) mass is 376 g/mol. The summed E-state index contributed by atoms with van der Waals surface area (Å²) in [5.74, 6) is -0.359. The molecule has 0 radical (unpaired) electrons. The van der Waals surface area contributed by atoms with E-state index in [4.69, 9.17) is 4.42 Å². The van der Waals surface area contributed by atoms with Gasteiger partial charge in [-0.05, 0) is 36.8 Å². The Kier molecular flexibility index (Phi) is 5.98. The van der Waals surface area contributed by atoms with E-state index < -0.39 is 11.9 Å². The van der Waals surface area contributed by atoms with E-state index in [1.165, 1.54) is 36.0 Å². The molecule has 138 valence electrons. The zero-order valence-electron chi connectivity index (χ0n) is 14.5. The maximum absolute atomic E-state index is 13.2. The molecule has 2 heterocycles. The van der Waals surface area contributed by atoms with E-state index in [0.717, 1.165) is 18.4 Å². The van der Waals surface area contributed by atoms with Crippen molar-refractivity contribution in [1.29, 1.82) is 0 Å². The van der Waals surface area contributed by atoms with E-state index in [1.54, 1.807) is 23.5 Å². The van der Waals surface area contributed by atoms with E-state index in [2.05, 4.69) is 12.2 Å². The summed E-state index contributed by atoms with van der Waals surface area (Å²) in [5.41, 5.74) is 1.18. The molecule has 1 aliphatic heterocycles. The second-order valence-electron chi connectivity index (χ2n) is 6.12. The molecule has 5 nitrogen and oxygen atoms in total. The van der Waals surface area contributed by atoms with Crippen molar-refractivity contribution in [2.45, 2.75) is 31.2 Å². The van der Waals surface area contributed by atoms with Gasteiger partial charge in [-0.1, -0.05) is 13.3 Å². The van der Waals surface area contributed by atoms with Crippen molar-refractivity contribution in [1.82, 2.24) is 10.2 Å². The highest BCUT2D eigenvalue weighted by Gasteiger charge is 2.42. The molecule has 1 aliphatic rings. The highest BCUT2D eigenvalue weighted by atomic mass is 32.2. The molecule has 0 spiro atoms. The van der Waals surface area contributed by atoms with Crippen molar-refractivity contribution in [3.63, 3.8) is 0 Å². The van der Waals surface area contributed by atoms with Crippen LogP contribution in [0.1, 0.15) is 41.1 Å². The van der Waals surface area contributed by atoms with Gasteiger partial charge in [-0.3, -0.25) is 9.59 Å². The van der Waals surface area contributed by atoms with Crippen LogP contribution in [0.5, 0.6) is 0 Å². The maximum Gasteiger partial charge on any atom is 0.255 e. The molecule has 3 rings (SSSR count). The first-order valence-corrected chi connectivity index (χ1v) is 9.66. The predicted molar refractivity (Wildman–Crippen MR) is 98.2 cm³/mol. The van der Waals surface area contributed by atoms with Gasteiger partial charge in [0.1, 0.15) is 17.2 Å². The summed E-state index contributed by atoms with van der Waals surface area (Å²) in [5, 5.41) is 2.60. The molecule has 1 N–H and O–H groups in total. The second kappa shape index (κ2) is 8.40. The fraction of sp³-hybridized carbons (Fsp3) is 0.368. The summed E-state index contributed by atoms with van der Waals surface area (Å²) in [6, 6.07) is 6.60. The summed E-state index contributed by atoms with van der Waals surface area (Å²) in [6.07, 6.45) is 5.00. The van der Waals surface area contributed by atoms with Gasteiger partial charge in [0.2, 0.25) is 5.91 Å². The third-order valence-corrected chi connectivity index (χ3v) is 5.61. The lowest BCUT2D eigenvalue weighted by molar-refractivity contribution is -0.124. The number of furan rings is 1. The van der Waals surface area contributed by atoms with Gasteiger partial charge in [-0.15, -0.1) is 11.8 Å². The number of hydrogen-bond acceptors (Lipinski definition) is 4. The molecule has 0 saturated carbocycles. The Bertz CT molecular complexity index is 749. The van der Waals surface area contributed by atoms with E-state index >= 15 is 0 Å². The van der Waals surface area contributed by atoms with Gasteiger partial charge in [0.25, 0.3) is 5.91 Å². The summed E-state index contributed by atoms with van der Waals surface area (Å²) >= 11 is 1.52. The average molecular weight is 376 g/mol. The van der Waals surface area contributed by atoms with Crippen LogP contribution in [-0.4, -0.2) is 35.1 Å². The lowest BCUT2D eigenvalue weighted by atomic mass is 10.1. The van der Waals surface area contributed by atoms with E-state index in [1.807, 2.05) is 0 Å². The molecule has 2 atom stereocenters. The van der Waals surface area contributed by atoms with Crippen LogP contribution >= 0.6 is 11.8 Å². The van der Waals surface area contributed by atoms with Gasteiger partial charge in [0.15, 0.2) is 0 Å². The average Bonchev–Trinajstić information content (AvgIpc) is 3.31. The van der Waals surface area contributed by atoms with Crippen LogP contribution in [0.15, 0.2) is 47.3 Å². The number of thioether (sulfide) groups is 1. The van der Waals surface area contributed by atoms with Crippen LogP contribution in [-0.2, 0) is 4.79 Å². The van der Waals surface area contributed by atoms with E-state index in [-0.39, 0.29) is 17.2 Å². The molecule has 2 aromatic rings. The Morgan fingerprint density at radius 3 is 2.73 bits per heavy atom. The molecule has 1 saturated heterocycles. The highest BCUT2D eigenvalue weighted by Crippen LogP contribution is 2.42. The molecule has 0 bridgehead atoms. The van der Waals surface area contributed by atoms with Crippen molar-refractivity contribution >= 4 is 23.6 Å². The molecule has 1 aromatic heterocycles.